The second-order valence-electron chi connectivity index (χ2n) is 6.57. The zero-order valence-electron chi connectivity index (χ0n) is 15.2. The fraction of sp³-hybridized carbons (Fsp3) is 0.421. The maximum atomic E-state index is 14.0. The van der Waals surface area contributed by atoms with E-state index in [1.165, 1.54) is 6.08 Å². The van der Waals surface area contributed by atoms with Gasteiger partial charge in [0.2, 0.25) is 0 Å². The van der Waals surface area contributed by atoms with Crippen LogP contribution in [0, 0.1) is 0 Å². The number of rotatable bonds is 7. The lowest BCUT2D eigenvalue weighted by Crippen LogP contribution is -2.34. The summed E-state index contributed by atoms with van der Waals surface area (Å²) in [4.78, 5) is 7.57. The third kappa shape index (κ3) is 4.45. The van der Waals surface area contributed by atoms with Crippen LogP contribution >= 0.6 is 0 Å². The van der Waals surface area contributed by atoms with Crippen molar-refractivity contribution in [2.75, 3.05) is 0 Å². The highest BCUT2D eigenvalue weighted by molar-refractivity contribution is 6.53. The van der Waals surface area contributed by atoms with Crippen LogP contribution in [-0.2, 0) is 15.7 Å². The smallest absolute Gasteiger partial charge is 0.626 e. The summed E-state index contributed by atoms with van der Waals surface area (Å²) in [5, 5.41) is 0. The molecule has 0 bridgehead atoms. The Morgan fingerprint density at radius 3 is 2.58 bits per heavy atom. The molecule has 0 saturated heterocycles. The molecular formula is C19H24BF2N2O2-. The van der Waals surface area contributed by atoms with Crippen LogP contribution in [0.3, 0.4) is 0 Å². The van der Waals surface area contributed by atoms with Gasteiger partial charge >= 0.3 is 7.11 Å². The second kappa shape index (κ2) is 7.93. The number of nitrogens with one attached hydrogen (secondary N) is 1. The summed E-state index contributed by atoms with van der Waals surface area (Å²) in [6.07, 6.45) is 10.9. The van der Waals surface area contributed by atoms with Gasteiger partial charge in [0.25, 0.3) is 0 Å². The summed E-state index contributed by atoms with van der Waals surface area (Å²) in [5.41, 5.74) is 2.83. The van der Waals surface area contributed by atoms with Gasteiger partial charge in [0.15, 0.2) is 0 Å². The molecule has 0 fully saturated rings. The van der Waals surface area contributed by atoms with Crippen molar-refractivity contribution in [2.45, 2.75) is 52.4 Å². The van der Waals surface area contributed by atoms with Gasteiger partial charge in [0, 0.05) is 17.5 Å². The summed E-state index contributed by atoms with van der Waals surface area (Å²) in [6, 6.07) is 3.66. The van der Waals surface area contributed by atoms with Gasteiger partial charge < -0.3 is 22.9 Å². The average Bonchev–Trinajstić information content (AvgIpc) is 3.26. The number of halogens is 2. The Morgan fingerprint density at radius 2 is 1.81 bits per heavy atom. The minimum absolute atomic E-state index is 0.0451. The number of aromatic nitrogens is 1. The molecule has 3 rings (SSSR count). The molecule has 0 spiro atoms. The Balaban J connectivity index is 1.86. The molecule has 1 aromatic heterocycles. The molecule has 140 valence electrons. The first kappa shape index (κ1) is 18.5. The first-order valence-corrected chi connectivity index (χ1v) is 9.28. The maximum Gasteiger partial charge on any atom is 0.726 e. The highest BCUT2D eigenvalue weighted by Gasteiger charge is 2.39. The predicted octanol–water partition coefficient (Wildman–Crippen LogP) is 5.53. The number of aryl methyl sites for hydroxylation is 1. The number of aliphatic imine (C=N–C) groups is 1. The normalized spacial score (nSPS) is 21.2. The molecule has 2 aliphatic heterocycles. The van der Waals surface area contributed by atoms with Crippen molar-refractivity contribution in [2.24, 2.45) is 4.99 Å². The van der Waals surface area contributed by atoms with E-state index < -0.39 is 7.11 Å². The predicted molar refractivity (Wildman–Crippen MR) is 101 cm³/mol. The third-order valence-electron chi connectivity index (χ3n) is 4.34. The standard InChI is InChI=1S/C19H24BF2N2O2/c1-3-5-7-14-9-11-16(23-14)18-13-19(26-20(21,22)25-18)17-12-10-15(24-17)8-6-4-2/h9-13,23H,3-8H2,1-2H3/q-1/b19-17-. The van der Waals surface area contributed by atoms with Crippen LogP contribution in [0.5, 0.6) is 0 Å². The van der Waals surface area contributed by atoms with Gasteiger partial charge in [-0.25, -0.2) is 4.99 Å². The van der Waals surface area contributed by atoms with E-state index in [9.17, 15) is 8.63 Å². The van der Waals surface area contributed by atoms with Crippen LogP contribution < -0.4 is 0 Å². The highest BCUT2D eigenvalue weighted by Crippen LogP contribution is 2.34. The molecule has 1 aromatic rings. The van der Waals surface area contributed by atoms with Crippen molar-refractivity contribution in [3.8, 4) is 0 Å². The molecule has 0 unspecified atom stereocenters. The van der Waals surface area contributed by atoms with Crippen LogP contribution in [0.15, 0.2) is 46.8 Å². The fourth-order valence-corrected chi connectivity index (χ4v) is 2.92. The van der Waals surface area contributed by atoms with Crippen LogP contribution in [0.1, 0.15) is 57.3 Å². The molecule has 4 nitrogen and oxygen atoms in total. The Kier molecular flexibility index (Phi) is 5.64. The minimum atomic E-state index is -4.42. The summed E-state index contributed by atoms with van der Waals surface area (Å²) < 4.78 is 37.6. The van der Waals surface area contributed by atoms with Gasteiger partial charge in [-0.15, -0.1) is 0 Å². The van der Waals surface area contributed by atoms with E-state index in [-0.39, 0.29) is 11.5 Å². The quantitative estimate of drug-likeness (QED) is 0.649. The lowest BCUT2D eigenvalue weighted by Gasteiger charge is -2.34. The van der Waals surface area contributed by atoms with Gasteiger partial charge in [-0.1, -0.05) is 26.7 Å². The Morgan fingerprint density at radius 1 is 1.04 bits per heavy atom. The molecule has 7 heteroatoms. The van der Waals surface area contributed by atoms with E-state index in [0.29, 0.717) is 11.4 Å². The van der Waals surface area contributed by atoms with Crippen molar-refractivity contribution < 1.29 is 17.9 Å². The molecule has 0 saturated carbocycles. The van der Waals surface area contributed by atoms with Gasteiger partial charge in [-0.05, 0) is 50.0 Å². The first-order valence-electron chi connectivity index (χ1n) is 9.28. The second-order valence-corrected chi connectivity index (χ2v) is 6.57. The molecule has 3 heterocycles. The third-order valence-corrected chi connectivity index (χ3v) is 4.34. The number of hydrogen-bond donors (Lipinski definition) is 1. The zero-order chi connectivity index (χ0) is 18.6. The number of hydrogen-bond acceptors (Lipinski definition) is 3. The van der Waals surface area contributed by atoms with E-state index in [1.54, 1.807) is 12.1 Å². The lowest BCUT2D eigenvalue weighted by atomic mass is 10.1. The molecule has 26 heavy (non-hydrogen) atoms. The Labute approximate surface area is 152 Å². The lowest BCUT2D eigenvalue weighted by molar-refractivity contribution is 0.171. The van der Waals surface area contributed by atoms with Gasteiger partial charge in [-0.3, -0.25) is 0 Å². The summed E-state index contributed by atoms with van der Waals surface area (Å²) in [6.45, 7) is 4.21. The number of H-pyrrole nitrogens is 1. The number of nitrogens with zero attached hydrogens (tertiary/aromatic N) is 1. The number of unbranched alkanes of at least 4 members (excludes halogenated alkanes) is 2. The van der Waals surface area contributed by atoms with Gasteiger partial charge in [-0.2, -0.15) is 0 Å². The van der Waals surface area contributed by atoms with Crippen molar-refractivity contribution in [3.63, 3.8) is 0 Å². The number of aromatic amines is 1. The van der Waals surface area contributed by atoms with Crippen LogP contribution in [0.25, 0.3) is 5.76 Å². The summed E-state index contributed by atoms with van der Waals surface area (Å²) in [5.74, 6) is 0.126. The van der Waals surface area contributed by atoms with Crippen LogP contribution in [-0.4, -0.2) is 17.8 Å². The largest absolute Gasteiger partial charge is 0.726 e. The molecule has 0 amide bonds. The molecule has 0 aliphatic carbocycles. The number of allylic oxidation sites excluding steroid dienone is 3. The van der Waals surface area contributed by atoms with Crippen molar-refractivity contribution in [1.82, 2.24) is 4.98 Å². The van der Waals surface area contributed by atoms with Crippen molar-refractivity contribution >= 4 is 18.6 Å². The van der Waals surface area contributed by atoms with Crippen LogP contribution in [0.2, 0.25) is 0 Å². The van der Waals surface area contributed by atoms with E-state index in [1.807, 2.05) is 12.1 Å². The van der Waals surface area contributed by atoms with Crippen molar-refractivity contribution in [1.29, 1.82) is 0 Å². The SMILES string of the molecule is CCCCC1=N/C(=C2/C=C(c3ccc(CCCC)[nH]3)O[B-](F)(F)O2)C=C1. The molecule has 0 radical (unpaired) electrons. The first-order chi connectivity index (χ1) is 12.5. The molecule has 0 atom stereocenters. The Hall–Kier alpha value is -2.31. The van der Waals surface area contributed by atoms with Crippen molar-refractivity contribution in [3.05, 3.63) is 53.2 Å². The van der Waals surface area contributed by atoms with E-state index in [2.05, 4.69) is 23.8 Å². The average molecular weight is 361 g/mol. The molecule has 0 aromatic carbocycles. The van der Waals surface area contributed by atoms with Crippen LogP contribution in [0.4, 0.5) is 8.63 Å². The topological polar surface area (TPSA) is 46.6 Å². The van der Waals surface area contributed by atoms with E-state index in [4.69, 9.17) is 9.31 Å². The molecule has 1 N–H and O–H groups in total. The highest BCUT2D eigenvalue weighted by atomic mass is 19.3. The summed E-state index contributed by atoms with van der Waals surface area (Å²) >= 11 is 0. The maximum absolute atomic E-state index is 14.0. The monoisotopic (exact) mass is 361 g/mol. The Bertz CT molecular complexity index is 778. The minimum Gasteiger partial charge on any atom is -0.626 e. The van der Waals surface area contributed by atoms with E-state index in [0.717, 1.165) is 49.9 Å². The molecule has 2 aliphatic rings. The van der Waals surface area contributed by atoms with E-state index >= 15 is 0 Å². The summed E-state index contributed by atoms with van der Waals surface area (Å²) in [7, 11) is -4.42. The van der Waals surface area contributed by atoms with Gasteiger partial charge in [0.1, 0.15) is 17.2 Å². The molecular weight excluding hydrogens is 337 g/mol. The fourth-order valence-electron chi connectivity index (χ4n) is 2.92. The zero-order valence-corrected chi connectivity index (χ0v) is 15.2. The van der Waals surface area contributed by atoms with Gasteiger partial charge in [0.05, 0.1) is 5.69 Å².